The van der Waals surface area contributed by atoms with Crippen LogP contribution in [0.2, 0.25) is 0 Å². The predicted octanol–water partition coefficient (Wildman–Crippen LogP) is 3.53. The van der Waals surface area contributed by atoms with Crippen LogP contribution in [0.5, 0.6) is 0 Å². The third kappa shape index (κ3) is 3.35. The van der Waals surface area contributed by atoms with Gasteiger partial charge >= 0.3 is 0 Å². The molecule has 0 fully saturated rings. The minimum atomic E-state index is -0.276. The molecule has 0 aliphatic heterocycles. The predicted molar refractivity (Wildman–Crippen MR) is 98.0 cm³/mol. The number of nitrogens with one attached hydrogen (secondary N) is 1. The monoisotopic (exact) mass is 341 g/mol. The Kier molecular flexibility index (Phi) is 4.44. The number of carbonyl (C=O) groups is 1. The van der Waals surface area contributed by atoms with Crippen molar-refractivity contribution in [1.82, 2.24) is 15.0 Å². The minimum Gasteiger partial charge on any atom is -0.347 e. The summed E-state index contributed by atoms with van der Waals surface area (Å²) in [5.41, 5.74) is 2.05. The second kappa shape index (κ2) is 6.52. The Morgan fingerprint density at radius 2 is 1.92 bits per heavy atom. The van der Waals surface area contributed by atoms with Gasteiger partial charge < -0.3 is 4.90 Å². The van der Waals surface area contributed by atoms with Crippen molar-refractivity contribution in [2.45, 2.75) is 19.8 Å². The molecular formula is C17H19N5OS. The van der Waals surface area contributed by atoms with E-state index in [1.165, 1.54) is 11.3 Å². The summed E-state index contributed by atoms with van der Waals surface area (Å²) >= 11 is 1.44. The number of carbonyl (C=O) groups excluding carboxylic acids is 1. The van der Waals surface area contributed by atoms with Crippen molar-refractivity contribution in [2.75, 3.05) is 24.3 Å². The van der Waals surface area contributed by atoms with E-state index in [2.05, 4.69) is 20.3 Å². The summed E-state index contributed by atoms with van der Waals surface area (Å²) in [6, 6.07) is 9.52. The molecule has 24 heavy (non-hydrogen) atoms. The number of hydrogen-bond donors (Lipinski definition) is 1. The molecule has 2 heterocycles. The Bertz CT molecular complexity index is 828. The molecule has 6 nitrogen and oxygen atoms in total. The van der Waals surface area contributed by atoms with Crippen LogP contribution in [-0.4, -0.2) is 35.0 Å². The number of para-hydroxylation sites is 1. The number of fused-ring (bicyclic) bond motifs is 1. The number of nitrogens with zero attached hydrogens (tertiary/aromatic N) is 4. The number of aromatic nitrogens is 3. The highest BCUT2D eigenvalue weighted by Gasteiger charge is 2.16. The number of hydrogen-bond acceptors (Lipinski definition) is 6. The molecule has 3 rings (SSSR count). The van der Waals surface area contributed by atoms with Crippen molar-refractivity contribution in [3.8, 4) is 0 Å². The van der Waals surface area contributed by atoms with Crippen LogP contribution in [0.4, 0.5) is 11.1 Å². The lowest BCUT2D eigenvalue weighted by molar-refractivity contribution is 0.102. The van der Waals surface area contributed by atoms with Crippen molar-refractivity contribution < 1.29 is 4.79 Å². The number of thiazole rings is 1. The molecule has 124 valence electrons. The maximum absolute atomic E-state index is 12.6. The zero-order chi connectivity index (χ0) is 17.3. The van der Waals surface area contributed by atoms with Gasteiger partial charge in [-0.25, -0.2) is 15.0 Å². The van der Waals surface area contributed by atoms with Crippen LogP contribution < -0.4 is 10.2 Å². The molecule has 0 spiro atoms. The fraction of sp³-hybridized carbons (Fsp3) is 0.294. The van der Waals surface area contributed by atoms with Gasteiger partial charge in [-0.05, 0) is 24.1 Å². The van der Waals surface area contributed by atoms with Crippen molar-refractivity contribution in [3.63, 3.8) is 0 Å². The van der Waals surface area contributed by atoms with E-state index >= 15 is 0 Å². The lowest BCUT2D eigenvalue weighted by Gasteiger charge is -2.14. The van der Waals surface area contributed by atoms with Crippen LogP contribution in [0.25, 0.3) is 10.2 Å². The van der Waals surface area contributed by atoms with E-state index in [1.54, 1.807) is 11.0 Å². The summed E-state index contributed by atoms with van der Waals surface area (Å²) in [5, 5.41) is 3.41. The maximum Gasteiger partial charge on any atom is 0.276 e. The highest BCUT2D eigenvalue weighted by molar-refractivity contribution is 7.22. The topological polar surface area (TPSA) is 71.0 Å². The Hall–Kier alpha value is -2.54. The fourth-order valence-corrected chi connectivity index (χ4v) is 3.01. The van der Waals surface area contributed by atoms with Gasteiger partial charge in [-0.2, -0.15) is 0 Å². The molecular weight excluding hydrogens is 322 g/mol. The van der Waals surface area contributed by atoms with Crippen LogP contribution in [0, 0.1) is 0 Å². The van der Waals surface area contributed by atoms with Gasteiger partial charge in [0, 0.05) is 19.8 Å². The van der Waals surface area contributed by atoms with Gasteiger partial charge in [0.1, 0.15) is 5.69 Å². The second-order valence-corrected chi connectivity index (χ2v) is 7.00. The van der Waals surface area contributed by atoms with Crippen molar-refractivity contribution in [3.05, 3.63) is 41.7 Å². The molecule has 7 heteroatoms. The molecule has 1 N–H and O–H groups in total. The van der Waals surface area contributed by atoms with Crippen LogP contribution in [0.3, 0.4) is 0 Å². The molecule has 0 saturated carbocycles. The van der Waals surface area contributed by atoms with Gasteiger partial charge in [-0.15, -0.1) is 0 Å². The van der Waals surface area contributed by atoms with Gasteiger partial charge in [0.05, 0.1) is 10.2 Å². The van der Waals surface area contributed by atoms with Crippen LogP contribution in [0.1, 0.15) is 35.9 Å². The average Bonchev–Trinajstić information content (AvgIpc) is 2.96. The molecule has 0 saturated heterocycles. The summed E-state index contributed by atoms with van der Waals surface area (Å²) in [6.07, 6.45) is 0. The van der Waals surface area contributed by atoms with Crippen molar-refractivity contribution >= 4 is 38.5 Å². The molecule has 1 amide bonds. The van der Waals surface area contributed by atoms with E-state index in [-0.39, 0.29) is 11.8 Å². The van der Waals surface area contributed by atoms with Crippen molar-refractivity contribution in [2.24, 2.45) is 0 Å². The van der Waals surface area contributed by atoms with E-state index < -0.39 is 0 Å². The number of anilines is 2. The lowest BCUT2D eigenvalue weighted by Crippen LogP contribution is -2.19. The van der Waals surface area contributed by atoms with Gasteiger partial charge in [0.15, 0.2) is 5.13 Å². The Morgan fingerprint density at radius 3 is 2.58 bits per heavy atom. The molecule has 0 atom stereocenters. The summed E-state index contributed by atoms with van der Waals surface area (Å²) in [7, 11) is 3.71. The smallest absolute Gasteiger partial charge is 0.276 e. The molecule has 0 radical (unpaired) electrons. The maximum atomic E-state index is 12.6. The van der Waals surface area contributed by atoms with E-state index in [0.29, 0.717) is 16.8 Å². The zero-order valence-corrected chi connectivity index (χ0v) is 14.9. The third-order valence-electron chi connectivity index (χ3n) is 3.47. The Morgan fingerprint density at radius 1 is 1.17 bits per heavy atom. The van der Waals surface area contributed by atoms with Gasteiger partial charge in [0.2, 0.25) is 5.95 Å². The standard InChI is InChI=1S/C17H19N5OS/c1-10(2)12-9-13(19-16(18-12)22(3)4)15(23)21-17-20-11-7-5-6-8-14(11)24-17/h5-10H,1-4H3,(H,20,21,23). The SMILES string of the molecule is CC(C)c1cc(C(=O)Nc2nc3ccccc3s2)nc(N(C)C)n1. The van der Waals surface area contributed by atoms with Gasteiger partial charge in [-0.1, -0.05) is 37.3 Å². The first kappa shape index (κ1) is 16.3. The molecule has 3 aromatic rings. The van der Waals surface area contributed by atoms with Crippen molar-refractivity contribution in [1.29, 1.82) is 0 Å². The first-order valence-electron chi connectivity index (χ1n) is 7.67. The summed E-state index contributed by atoms with van der Waals surface area (Å²) in [4.78, 5) is 27.6. The average molecular weight is 341 g/mol. The number of rotatable bonds is 4. The lowest BCUT2D eigenvalue weighted by atomic mass is 10.1. The zero-order valence-electron chi connectivity index (χ0n) is 14.1. The minimum absolute atomic E-state index is 0.209. The molecule has 0 bridgehead atoms. The van der Waals surface area contributed by atoms with E-state index in [1.807, 2.05) is 52.2 Å². The molecule has 0 unspecified atom stereocenters. The van der Waals surface area contributed by atoms with E-state index in [4.69, 9.17) is 0 Å². The van der Waals surface area contributed by atoms with Gasteiger partial charge in [0.25, 0.3) is 5.91 Å². The molecule has 0 aliphatic rings. The van der Waals surface area contributed by atoms with Crippen LogP contribution >= 0.6 is 11.3 Å². The summed E-state index contributed by atoms with van der Waals surface area (Å²) in [5.74, 6) is 0.456. The number of benzene rings is 1. The van der Waals surface area contributed by atoms with E-state index in [9.17, 15) is 4.79 Å². The molecule has 0 aliphatic carbocycles. The molecule has 2 aromatic heterocycles. The quantitative estimate of drug-likeness (QED) is 0.786. The largest absolute Gasteiger partial charge is 0.347 e. The fourth-order valence-electron chi connectivity index (χ4n) is 2.15. The Balaban J connectivity index is 1.91. The van der Waals surface area contributed by atoms with Crippen LogP contribution in [-0.2, 0) is 0 Å². The Labute approximate surface area is 144 Å². The first-order chi connectivity index (χ1) is 11.4. The van der Waals surface area contributed by atoms with Gasteiger partial charge in [-0.3, -0.25) is 10.1 Å². The highest BCUT2D eigenvalue weighted by Crippen LogP contribution is 2.26. The summed E-state index contributed by atoms with van der Waals surface area (Å²) in [6.45, 7) is 4.08. The normalized spacial score (nSPS) is 11.0. The third-order valence-corrected chi connectivity index (χ3v) is 4.42. The summed E-state index contributed by atoms with van der Waals surface area (Å²) < 4.78 is 1.03. The highest BCUT2D eigenvalue weighted by atomic mass is 32.1. The second-order valence-electron chi connectivity index (χ2n) is 5.97. The first-order valence-corrected chi connectivity index (χ1v) is 8.49. The number of amides is 1. The molecule has 1 aromatic carbocycles. The van der Waals surface area contributed by atoms with Crippen LogP contribution in [0.15, 0.2) is 30.3 Å². The van der Waals surface area contributed by atoms with E-state index in [0.717, 1.165) is 15.9 Å².